The van der Waals surface area contributed by atoms with Crippen LogP contribution >= 0.6 is 0 Å². The molecule has 1 heterocycles. The smallest absolute Gasteiger partial charge is 0.188 e. The van der Waals surface area contributed by atoms with Crippen molar-refractivity contribution in [1.29, 1.82) is 5.41 Å². The maximum Gasteiger partial charge on any atom is 0.188 e. The van der Waals surface area contributed by atoms with Crippen LogP contribution in [-0.4, -0.2) is 23.5 Å². The summed E-state index contributed by atoms with van der Waals surface area (Å²) in [5.41, 5.74) is 8.88. The zero-order valence-electron chi connectivity index (χ0n) is 20.1. The molecule has 3 N–H and O–H groups in total. The van der Waals surface area contributed by atoms with Gasteiger partial charge in [0.1, 0.15) is 11.6 Å². The van der Waals surface area contributed by atoms with E-state index in [4.69, 9.17) is 25.6 Å². The Kier molecular flexibility index (Phi) is 7.15. The number of hydrogen-bond donors (Lipinski definition) is 2. The van der Waals surface area contributed by atoms with Gasteiger partial charge in [-0.05, 0) is 57.2 Å². The molecule has 0 amide bonds. The number of pyridine rings is 1. The van der Waals surface area contributed by atoms with Gasteiger partial charge < -0.3 is 20.1 Å². The van der Waals surface area contributed by atoms with E-state index in [1.807, 2.05) is 74.2 Å². The minimum atomic E-state index is -0.487. The number of nitrogens with one attached hydrogen (secondary N) is 1. The minimum Gasteiger partial charge on any atom is -0.494 e. The topological polar surface area (TPSA) is 84.5 Å². The molecular weight excluding hydrogens is 443 g/mol. The monoisotopic (exact) mass is 472 g/mol. The lowest BCUT2D eigenvalue weighted by Gasteiger charge is -2.27. The van der Waals surface area contributed by atoms with Crippen molar-refractivity contribution in [2.45, 2.75) is 33.4 Å². The highest BCUT2D eigenvalue weighted by atomic mass is 19.1. The van der Waals surface area contributed by atoms with Gasteiger partial charge in [-0.3, -0.25) is 10.4 Å². The largest absolute Gasteiger partial charge is 0.494 e. The van der Waals surface area contributed by atoms with Crippen LogP contribution in [0.4, 0.5) is 15.8 Å². The van der Waals surface area contributed by atoms with Crippen LogP contribution in [0, 0.1) is 11.2 Å². The average molecular weight is 473 g/mol. The summed E-state index contributed by atoms with van der Waals surface area (Å²) in [5.74, 6) is 0.115. The third kappa shape index (κ3) is 5.51. The Morgan fingerprint density at radius 2 is 1.80 bits per heavy atom. The highest BCUT2D eigenvalue weighted by molar-refractivity contribution is 5.95. The van der Waals surface area contributed by atoms with E-state index in [2.05, 4.69) is 0 Å². The lowest BCUT2D eigenvalue weighted by Crippen LogP contribution is -2.20. The summed E-state index contributed by atoms with van der Waals surface area (Å²) in [5, 5.41) is 8.73. The van der Waals surface area contributed by atoms with Crippen LogP contribution in [0.15, 0.2) is 72.8 Å². The summed E-state index contributed by atoms with van der Waals surface area (Å²) in [6.07, 6.45) is -0.209. The highest BCUT2D eigenvalue weighted by Crippen LogP contribution is 2.38. The van der Waals surface area contributed by atoms with Crippen LogP contribution in [0.5, 0.6) is 11.5 Å². The normalized spacial score (nSPS) is 11.0. The molecule has 0 aliphatic heterocycles. The van der Waals surface area contributed by atoms with Gasteiger partial charge in [-0.1, -0.05) is 24.3 Å². The molecule has 0 atom stereocenters. The van der Waals surface area contributed by atoms with E-state index in [1.54, 1.807) is 24.3 Å². The molecule has 35 heavy (non-hydrogen) atoms. The first-order chi connectivity index (χ1) is 16.9. The van der Waals surface area contributed by atoms with Crippen molar-refractivity contribution < 1.29 is 13.9 Å². The Balaban J connectivity index is 1.84. The van der Waals surface area contributed by atoms with Crippen LogP contribution < -0.4 is 20.1 Å². The average Bonchev–Trinajstić information content (AvgIpc) is 2.84. The fraction of sp³-hybridized carbons (Fsp3) is 0.214. The van der Waals surface area contributed by atoms with E-state index in [-0.39, 0.29) is 17.7 Å². The molecule has 4 aromatic rings. The number of nitrogen functional groups attached to an aromatic ring is 1. The molecular formula is C28H29FN4O2. The summed E-state index contributed by atoms with van der Waals surface area (Å²) in [6.45, 7) is 6.32. The molecule has 0 fully saturated rings. The van der Waals surface area contributed by atoms with Crippen LogP contribution in [0.3, 0.4) is 0 Å². The molecule has 0 unspecified atom stereocenters. The Hall–Kier alpha value is -4.13. The van der Waals surface area contributed by atoms with Crippen molar-refractivity contribution in [3.8, 4) is 11.5 Å². The minimum absolute atomic E-state index is 0.0311. The molecule has 3 aromatic carbocycles. The van der Waals surface area contributed by atoms with E-state index >= 15 is 4.39 Å². The second kappa shape index (κ2) is 10.4. The number of aromatic nitrogens is 1. The number of benzene rings is 3. The number of nitrogens with two attached hydrogens (primary N) is 1. The maximum absolute atomic E-state index is 15.9. The molecule has 0 saturated heterocycles. The number of nitrogens with zero attached hydrogens (tertiary/aromatic N) is 2. The van der Waals surface area contributed by atoms with Gasteiger partial charge in [-0.15, -0.1) is 0 Å². The van der Waals surface area contributed by atoms with Crippen LogP contribution in [0.1, 0.15) is 32.0 Å². The van der Waals surface area contributed by atoms with Crippen LogP contribution in [0.25, 0.3) is 10.9 Å². The predicted octanol–water partition coefficient (Wildman–Crippen LogP) is 6.18. The van der Waals surface area contributed by atoms with Gasteiger partial charge in [0, 0.05) is 28.8 Å². The molecule has 1 aromatic heterocycles. The zero-order chi connectivity index (χ0) is 24.9. The number of ether oxygens (including phenoxy) is 2. The number of para-hydroxylation sites is 1. The summed E-state index contributed by atoms with van der Waals surface area (Å²) < 4.78 is 27.4. The van der Waals surface area contributed by atoms with E-state index in [1.165, 1.54) is 0 Å². The molecule has 0 spiro atoms. The molecule has 180 valence electrons. The fourth-order valence-electron chi connectivity index (χ4n) is 3.84. The van der Waals surface area contributed by atoms with Crippen molar-refractivity contribution in [2.24, 2.45) is 5.73 Å². The first-order valence-electron chi connectivity index (χ1n) is 11.6. The molecule has 6 nitrogen and oxygen atoms in total. The van der Waals surface area contributed by atoms with Gasteiger partial charge in [-0.2, -0.15) is 0 Å². The lowest BCUT2D eigenvalue weighted by atomic mass is 10.1. The highest BCUT2D eigenvalue weighted by Gasteiger charge is 2.22. The van der Waals surface area contributed by atoms with Crippen LogP contribution in [0.2, 0.25) is 0 Å². The second-order valence-electron chi connectivity index (χ2n) is 8.40. The first kappa shape index (κ1) is 24.0. The summed E-state index contributed by atoms with van der Waals surface area (Å²) in [7, 11) is 0. The summed E-state index contributed by atoms with van der Waals surface area (Å²) in [6, 6.07) is 22.2. The van der Waals surface area contributed by atoms with Gasteiger partial charge in [0.15, 0.2) is 11.6 Å². The number of halogens is 1. The third-order valence-electron chi connectivity index (χ3n) is 5.42. The van der Waals surface area contributed by atoms with E-state index in [9.17, 15) is 0 Å². The Labute approximate surface area is 204 Å². The molecule has 0 aliphatic rings. The fourth-order valence-corrected chi connectivity index (χ4v) is 3.84. The Bertz CT molecular complexity index is 1340. The zero-order valence-corrected chi connectivity index (χ0v) is 20.1. The first-order valence-corrected chi connectivity index (χ1v) is 11.6. The molecule has 0 saturated carbocycles. The van der Waals surface area contributed by atoms with Gasteiger partial charge in [0.05, 0.1) is 36.2 Å². The SMILES string of the molecule is CCOc1cc(OC(C)C)c(F)c(N(Cc2ccc3ccccc3n2)c2ccc(C(=N)N)cc2)c1. The molecule has 7 heteroatoms. The molecule has 4 rings (SSSR count). The van der Waals surface area contributed by atoms with E-state index in [0.29, 0.717) is 35.8 Å². The van der Waals surface area contributed by atoms with Crippen molar-refractivity contribution in [2.75, 3.05) is 11.5 Å². The number of amidine groups is 1. The van der Waals surface area contributed by atoms with E-state index in [0.717, 1.165) is 16.6 Å². The van der Waals surface area contributed by atoms with Gasteiger partial charge in [-0.25, -0.2) is 4.39 Å². The number of fused-ring (bicyclic) bond motifs is 1. The van der Waals surface area contributed by atoms with Crippen molar-refractivity contribution >= 4 is 28.1 Å². The quantitative estimate of drug-likeness (QED) is 0.224. The predicted molar refractivity (Wildman–Crippen MR) is 138 cm³/mol. The molecule has 0 radical (unpaired) electrons. The van der Waals surface area contributed by atoms with Crippen molar-refractivity contribution in [3.63, 3.8) is 0 Å². The lowest BCUT2D eigenvalue weighted by molar-refractivity contribution is 0.229. The van der Waals surface area contributed by atoms with E-state index < -0.39 is 5.82 Å². The Morgan fingerprint density at radius 3 is 2.49 bits per heavy atom. The standard InChI is InChI=1S/C28H29FN4O2/c1-4-34-23-15-25(27(29)26(16-23)35-18(2)3)33(22-13-10-20(11-14-22)28(30)31)17-21-12-9-19-7-5-6-8-24(19)32-21/h5-16,18H,4,17H2,1-3H3,(H3,30,31). The maximum atomic E-state index is 15.9. The van der Waals surface area contributed by atoms with Crippen molar-refractivity contribution in [3.05, 3.63) is 89.9 Å². The van der Waals surface area contributed by atoms with Crippen LogP contribution in [-0.2, 0) is 6.54 Å². The number of hydrogen-bond acceptors (Lipinski definition) is 5. The van der Waals surface area contributed by atoms with Gasteiger partial charge >= 0.3 is 0 Å². The number of anilines is 2. The summed E-state index contributed by atoms with van der Waals surface area (Å²) >= 11 is 0. The summed E-state index contributed by atoms with van der Waals surface area (Å²) in [4.78, 5) is 6.62. The third-order valence-corrected chi connectivity index (χ3v) is 5.42. The van der Waals surface area contributed by atoms with Gasteiger partial charge in [0.2, 0.25) is 0 Å². The molecule has 0 bridgehead atoms. The second-order valence-corrected chi connectivity index (χ2v) is 8.40. The molecule has 0 aliphatic carbocycles. The van der Waals surface area contributed by atoms with Gasteiger partial charge in [0.25, 0.3) is 0 Å². The Morgan fingerprint density at radius 1 is 1.06 bits per heavy atom. The van der Waals surface area contributed by atoms with Crippen molar-refractivity contribution in [1.82, 2.24) is 4.98 Å². The number of rotatable bonds is 9.